The molecule has 1 fully saturated rings. The van der Waals surface area contributed by atoms with E-state index in [0.717, 1.165) is 28.6 Å². The minimum absolute atomic E-state index is 0.271. The summed E-state index contributed by atoms with van der Waals surface area (Å²) in [5.74, 6) is -0.746. The summed E-state index contributed by atoms with van der Waals surface area (Å²) in [7, 11) is 0. The molecule has 1 aromatic carbocycles. The van der Waals surface area contributed by atoms with E-state index in [4.69, 9.17) is 0 Å². The average molecular weight is 434 g/mol. The maximum Gasteiger partial charge on any atom is 0.325 e. The smallest absolute Gasteiger partial charge is 0.325 e. The van der Waals surface area contributed by atoms with Gasteiger partial charge in [0, 0.05) is 11.0 Å². The molecule has 2 N–H and O–H groups in total. The summed E-state index contributed by atoms with van der Waals surface area (Å²) >= 11 is 3.38. The fraction of sp³-hybridized carbons (Fsp3) is 0.450. The van der Waals surface area contributed by atoms with Gasteiger partial charge in [0.05, 0.1) is 0 Å². The van der Waals surface area contributed by atoms with Crippen LogP contribution >= 0.6 is 15.9 Å². The van der Waals surface area contributed by atoms with Gasteiger partial charge < -0.3 is 10.6 Å². The van der Waals surface area contributed by atoms with Crippen LogP contribution in [0.4, 0.5) is 4.79 Å². The number of hydrogen-bond donors (Lipinski definition) is 2. The van der Waals surface area contributed by atoms with E-state index in [0.29, 0.717) is 12.1 Å². The molecular formula is C20H24BrN3O3. The minimum atomic E-state index is -1.17. The largest absolute Gasteiger partial charge is 0.354 e. The molecule has 0 spiro atoms. The molecule has 1 atom stereocenters. The molecule has 1 aliphatic carbocycles. The van der Waals surface area contributed by atoms with Gasteiger partial charge in [-0.1, -0.05) is 39.7 Å². The number of amides is 4. The third-order valence-electron chi connectivity index (χ3n) is 5.13. The lowest BCUT2D eigenvalue weighted by molar-refractivity contribution is -0.134. The molecule has 2 aliphatic rings. The number of imide groups is 1. The second-order valence-corrected chi connectivity index (χ2v) is 8.08. The number of allylic oxidation sites excluding steroid dienone is 1. The Kier molecular flexibility index (Phi) is 5.99. The van der Waals surface area contributed by atoms with Crippen molar-refractivity contribution in [3.05, 3.63) is 46.0 Å². The van der Waals surface area contributed by atoms with Gasteiger partial charge in [-0.05, 0) is 56.7 Å². The summed E-state index contributed by atoms with van der Waals surface area (Å²) < 4.78 is 0.816. The van der Waals surface area contributed by atoms with Crippen LogP contribution in [0.3, 0.4) is 0 Å². The molecule has 1 heterocycles. The van der Waals surface area contributed by atoms with E-state index in [-0.39, 0.29) is 12.5 Å². The molecule has 1 unspecified atom stereocenters. The predicted molar refractivity (Wildman–Crippen MR) is 106 cm³/mol. The molecule has 1 aromatic rings. The Balaban J connectivity index is 1.58. The van der Waals surface area contributed by atoms with Gasteiger partial charge in [0.2, 0.25) is 5.91 Å². The van der Waals surface area contributed by atoms with Crippen LogP contribution in [-0.2, 0) is 15.1 Å². The highest BCUT2D eigenvalue weighted by atomic mass is 79.9. The monoisotopic (exact) mass is 433 g/mol. The van der Waals surface area contributed by atoms with Crippen molar-refractivity contribution in [1.29, 1.82) is 0 Å². The molecule has 4 amide bonds. The third kappa shape index (κ3) is 4.40. The Morgan fingerprint density at radius 3 is 2.85 bits per heavy atom. The van der Waals surface area contributed by atoms with E-state index >= 15 is 0 Å². The van der Waals surface area contributed by atoms with E-state index in [1.165, 1.54) is 18.4 Å². The topological polar surface area (TPSA) is 78.5 Å². The second kappa shape index (κ2) is 8.25. The first-order valence-corrected chi connectivity index (χ1v) is 10.0. The quantitative estimate of drug-likeness (QED) is 0.533. The van der Waals surface area contributed by atoms with Gasteiger partial charge in [-0.15, -0.1) is 0 Å². The van der Waals surface area contributed by atoms with Crippen LogP contribution in [-0.4, -0.2) is 35.8 Å². The number of urea groups is 1. The van der Waals surface area contributed by atoms with Crippen molar-refractivity contribution in [3.63, 3.8) is 0 Å². The van der Waals surface area contributed by atoms with E-state index in [9.17, 15) is 14.4 Å². The van der Waals surface area contributed by atoms with Crippen molar-refractivity contribution in [2.75, 3.05) is 13.1 Å². The predicted octanol–water partition coefficient (Wildman–Crippen LogP) is 3.22. The van der Waals surface area contributed by atoms with E-state index in [1.54, 1.807) is 25.1 Å². The van der Waals surface area contributed by atoms with Crippen molar-refractivity contribution in [2.24, 2.45) is 0 Å². The van der Waals surface area contributed by atoms with Gasteiger partial charge in [0.1, 0.15) is 12.1 Å². The molecule has 0 aromatic heterocycles. The molecule has 27 heavy (non-hydrogen) atoms. The molecule has 6 nitrogen and oxygen atoms in total. The number of carbonyl (C=O) groups excluding carboxylic acids is 3. The lowest BCUT2D eigenvalue weighted by atomic mass is 9.92. The van der Waals surface area contributed by atoms with Gasteiger partial charge in [0.25, 0.3) is 5.91 Å². The summed E-state index contributed by atoms with van der Waals surface area (Å²) in [6.45, 7) is 1.91. The van der Waals surface area contributed by atoms with Crippen molar-refractivity contribution in [1.82, 2.24) is 15.5 Å². The number of benzene rings is 1. The molecular weight excluding hydrogens is 410 g/mol. The van der Waals surface area contributed by atoms with Crippen LogP contribution in [0, 0.1) is 0 Å². The van der Waals surface area contributed by atoms with Gasteiger partial charge in [-0.2, -0.15) is 0 Å². The Labute approximate surface area is 167 Å². The second-order valence-electron chi connectivity index (χ2n) is 7.16. The van der Waals surface area contributed by atoms with Crippen LogP contribution in [0.2, 0.25) is 0 Å². The molecule has 7 heteroatoms. The van der Waals surface area contributed by atoms with Gasteiger partial charge in [-0.3, -0.25) is 14.5 Å². The van der Waals surface area contributed by atoms with Crippen molar-refractivity contribution in [2.45, 2.75) is 44.6 Å². The molecule has 1 aliphatic heterocycles. The highest BCUT2D eigenvalue weighted by Gasteiger charge is 2.49. The van der Waals surface area contributed by atoms with Crippen molar-refractivity contribution >= 4 is 33.8 Å². The SMILES string of the molecule is CC1(c2cccc(Br)c2)NC(=O)N(CC(=O)NCCC2=CCCCC2)C1=O. The number of nitrogens with zero attached hydrogens (tertiary/aromatic N) is 1. The molecule has 0 saturated carbocycles. The fourth-order valence-corrected chi connectivity index (χ4v) is 3.93. The van der Waals surface area contributed by atoms with Crippen LogP contribution in [0.25, 0.3) is 0 Å². The number of halogens is 1. The van der Waals surface area contributed by atoms with Gasteiger partial charge in [0.15, 0.2) is 0 Å². The van der Waals surface area contributed by atoms with Crippen LogP contribution in [0.15, 0.2) is 40.4 Å². The lowest BCUT2D eigenvalue weighted by Gasteiger charge is -2.22. The zero-order chi connectivity index (χ0) is 19.4. The van der Waals surface area contributed by atoms with Crippen LogP contribution in [0.5, 0.6) is 0 Å². The molecule has 144 valence electrons. The van der Waals surface area contributed by atoms with E-state index in [2.05, 4.69) is 32.6 Å². The Morgan fingerprint density at radius 1 is 1.33 bits per heavy atom. The van der Waals surface area contributed by atoms with E-state index in [1.807, 2.05) is 6.07 Å². The highest BCUT2D eigenvalue weighted by Crippen LogP contribution is 2.30. The standard InChI is InChI=1S/C20H24BrN3O3/c1-20(15-8-5-9-16(21)12-15)18(26)24(19(27)23-20)13-17(25)22-11-10-14-6-3-2-4-7-14/h5-6,8-9,12H,2-4,7,10-11,13H2,1H3,(H,22,25)(H,23,27). The maximum absolute atomic E-state index is 12.8. The summed E-state index contributed by atoms with van der Waals surface area (Å²) in [6.07, 6.45) is 7.71. The van der Waals surface area contributed by atoms with Crippen LogP contribution < -0.4 is 10.6 Å². The van der Waals surface area contributed by atoms with Crippen molar-refractivity contribution in [3.8, 4) is 0 Å². The molecule has 0 radical (unpaired) electrons. The zero-order valence-corrected chi connectivity index (χ0v) is 17.0. The van der Waals surface area contributed by atoms with Crippen molar-refractivity contribution < 1.29 is 14.4 Å². The number of hydrogen-bond acceptors (Lipinski definition) is 3. The van der Waals surface area contributed by atoms with Gasteiger partial charge in [-0.25, -0.2) is 4.79 Å². The van der Waals surface area contributed by atoms with E-state index < -0.39 is 17.5 Å². The summed E-state index contributed by atoms with van der Waals surface area (Å²) in [4.78, 5) is 38.4. The Bertz CT molecular complexity index is 792. The zero-order valence-electron chi connectivity index (χ0n) is 15.4. The normalized spacial score (nSPS) is 22.4. The Morgan fingerprint density at radius 2 is 2.15 bits per heavy atom. The average Bonchev–Trinajstić information content (AvgIpc) is 2.87. The number of nitrogens with one attached hydrogen (secondary N) is 2. The summed E-state index contributed by atoms with van der Waals surface area (Å²) in [5.41, 5.74) is 0.870. The van der Waals surface area contributed by atoms with Crippen LogP contribution in [0.1, 0.15) is 44.6 Å². The first-order chi connectivity index (χ1) is 12.9. The van der Waals surface area contributed by atoms with Gasteiger partial charge >= 0.3 is 6.03 Å². The molecule has 3 rings (SSSR count). The molecule has 1 saturated heterocycles. The first kappa shape index (κ1) is 19.6. The summed E-state index contributed by atoms with van der Waals surface area (Å²) in [5, 5.41) is 5.53. The summed E-state index contributed by atoms with van der Waals surface area (Å²) in [6, 6.07) is 6.68. The fourth-order valence-electron chi connectivity index (χ4n) is 3.53. The minimum Gasteiger partial charge on any atom is -0.354 e. The first-order valence-electron chi connectivity index (χ1n) is 9.25. The molecule has 0 bridgehead atoms. The highest BCUT2D eigenvalue weighted by molar-refractivity contribution is 9.10. The third-order valence-corrected chi connectivity index (χ3v) is 5.63. The number of carbonyl (C=O) groups is 3. The number of rotatable bonds is 6. The Hall–Kier alpha value is -2.15. The maximum atomic E-state index is 12.8. The lowest BCUT2D eigenvalue weighted by Crippen LogP contribution is -2.43.